The van der Waals surface area contributed by atoms with Crippen LogP contribution in [-0.2, 0) is 10.0 Å². The number of hydrogen-bond acceptors (Lipinski definition) is 3. The standard InChI is InChI=1S/C13H22N4O2S.HI/c1-3-9-15-13(14-2)16-10-11-17-20(18,19)12-7-5-4-6-8-12;/h4-8,17H,3,9-11H2,1-2H3,(H2,14,15,16);1H. The molecule has 0 saturated carbocycles. The van der Waals surface area contributed by atoms with Crippen molar-refractivity contribution in [2.75, 3.05) is 26.7 Å². The van der Waals surface area contributed by atoms with Gasteiger partial charge in [-0.3, -0.25) is 4.99 Å². The summed E-state index contributed by atoms with van der Waals surface area (Å²) in [5.74, 6) is 0.672. The largest absolute Gasteiger partial charge is 0.356 e. The van der Waals surface area contributed by atoms with Crippen LogP contribution in [0.2, 0.25) is 0 Å². The molecular formula is C13H23IN4O2S. The molecule has 120 valence electrons. The summed E-state index contributed by atoms with van der Waals surface area (Å²) in [6.45, 7) is 3.66. The average molecular weight is 426 g/mol. The molecule has 3 N–H and O–H groups in total. The van der Waals surface area contributed by atoms with Gasteiger partial charge in [-0.1, -0.05) is 25.1 Å². The molecule has 0 fully saturated rings. The number of nitrogens with zero attached hydrogens (tertiary/aromatic N) is 1. The second-order valence-corrected chi connectivity index (χ2v) is 5.90. The lowest BCUT2D eigenvalue weighted by atomic mass is 10.4. The Labute approximate surface area is 143 Å². The van der Waals surface area contributed by atoms with Crippen molar-refractivity contribution >= 4 is 40.0 Å². The average Bonchev–Trinajstić information content (AvgIpc) is 2.47. The molecule has 0 unspecified atom stereocenters. The number of hydrogen-bond donors (Lipinski definition) is 3. The van der Waals surface area contributed by atoms with Gasteiger partial charge in [0.15, 0.2) is 5.96 Å². The Hall–Kier alpha value is -0.870. The van der Waals surface area contributed by atoms with E-state index >= 15 is 0 Å². The molecule has 0 aliphatic rings. The first-order valence-electron chi connectivity index (χ1n) is 6.59. The third-order valence-corrected chi connectivity index (χ3v) is 4.01. The van der Waals surface area contributed by atoms with E-state index in [9.17, 15) is 8.42 Å². The first-order chi connectivity index (χ1) is 9.60. The minimum absolute atomic E-state index is 0. The van der Waals surface area contributed by atoms with Crippen LogP contribution in [-0.4, -0.2) is 41.1 Å². The summed E-state index contributed by atoms with van der Waals surface area (Å²) in [6, 6.07) is 8.31. The van der Waals surface area contributed by atoms with Gasteiger partial charge in [0.1, 0.15) is 0 Å². The highest BCUT2D eigenvalue weighted by molar-refractivity contribution is 14.0. The summed E-state index contributed by atoms with van der Waals surface area (Å²) in [7, 11) is -1.75. The van der Waals surface area contributed by atoms with E-state index in [-0.39, 0.29) is 28.9 Å². The number of rotatable bonds is 7. The number of halogens is 1. The van der Waals surface area contributed by atoms with Crippen LogP contribution in [0.4, 0.5) is 0 Å². The zero-order chi connectivity index (χ0) is 14.8. The molecule has 21 heavy (non-hydrogen) atoms. The van der Waals surface area contributed by atoms with Crippen molar-refractivity contribution in [2.45, 2.75) is 18.2 Å². The van der Waals surface area contributed by atoms with Crippen LogP contribution in [0.5, 0.6) is 0 Å². The molecule has 1 rings (SSSR count). The summed E-state index contributed by atoms with van der Waals surface area (Å²) in [5.41, 5.74) is 0. The maximum Gasteiger partial charge on any atom is 0.240 e. The van der Waals surface area contributed by atoms with E-state index in [4.69, 9.17) is 0 Å². The van der Waals surface area contributed by atoms with Crippen LogP contribution >= 0.6 is 24.0 Å². The Morgan fingerprint density at radius 3 is 2.29 bits per heavy atom. The number of sulfonamides is 1. The molecule has 0 spiro atoms. The van der Waals surface area contributed by atoms with Gasteiger partial charge in [-0.05, 0) is 18.6 Å². The predicted octanol–water partition coefficient (Wildman–Crippen LogP) is 1.16. The molecule has 0 heterocycles. The molecule has 0 aromatic heterocycles. The smallest absolute Gasteiger partial charge is 0.240 e. The minimum atomic E-state index is -3.43. The summed E-state index contributed by atoms with van der Waals surface area (Å²) in [5, 5.41) is 6.15. The van der Waals surface area contributed by atoms with Gasteiger partial charge in [0, 0.05) is 26.7 Å². The summed E-state index contributed by atoms with van der Waals surface area (Å²) in [6.07, 6.45) is 1.00. The lowest BCUT2D eigenvalue weighted by molar-refractivity contribution is 0.580. The van der Waals surface area contributed by atoms with Gasteiger partial charge in [-0.25, -0.2) is 13.1 Å². The van der Waals surface area contributed by atoms with E-state index in [1.165, 1.54) is 0 Å². The Morgan fingerprint density at radius 2 is 1.71 bits per heavy atom. The van der Waals surface area contributed by atoms with Gasteiger partial charge < -0.3 is 10.6 Å². The van der Waals surface area contributed by atoms with Crippen molar-refractivity contribution in [3.05, 3.63) is 30.3 Å². The van der Waals surface area contributed by atoms with Gasteiger partial charge in [-0.15, -0.1) is 24.0 Å². The first kappa shape index (κ1) is 20.1. The van der Waals surface area contributed by atoms with Gasteiger partial charge in [0.2, 0.25) is 10.0 Å². The molecule has 8 heteroatoms. The number of aliphatic imine (C=N–C) groups is 1. The Bertz CT molecular complexity index is 520. The quantitative estimate of drug-likeness (QED) is 0.265. The van der Waals surface area contributed by atoms with E-state index in [0.29, 0.717) is 19.0 Å². The third kappa shape index (κ3) is 7.63. The normalized spacial score (nSPS) is 11.6. The lowest BCUT2D eigenvalue weighted by Gasteiger charge is -2.11. The van der Waals surface area contributed by atoms with E-state index in [1.807, 2.05) is 0 Å². The molecule has 6 nitrogen and oxygen atoms in total. The van der Waals surface area contributed by atoms with Crippen molar-refractivity contribution in [1.82, 2.24) is 15.4 Å². The van der Waals surface area contributed by atoms with E-state index < -0.39 is 10.0 Å². The van der Waals surface area contributed by atoms with E-state index in [2.05, 4.69) is 27.3 Å². The molecular weight excluding hydrogens is 403 g/mol. The highest BCUT2D eigenvalue weighted by atomic mass is 127. The fourth-order valence-corrected chi connectivity index (χ4v) is 2.57. The minimum Gasteiger partial charge on any atom is -0.356 e. The first-order valence-corrected chi connectivity index (χ1v) is 8.07. The monoisotopic (exact) mass is 426 g/mol. The van der Waals surface area contributed by atoms with Crippen LogP contribution in [0.1, 0.15) is 13.3 Å². The fourth-order valence-electron chi connectivity index (χ4n) is 1.51. The van der Waals surface area contributed by atoms with Crippen LogP contribution in [0.15, 0.2) is 40.2 Å². The van der Waals surface area contributed by atoms with E-state index in [1.54, 1.807) is 37.4 Å². The number of nitrogens with one attached hydrogen (secondary N) is 3. The second-order valence-electron chi connectivity index (χ2n) is 4.14. The van der Waals surface area contributed by atoms with Crippen molar-refractivity contribution in [2.24, 2.45) is 4.99 Å². The van der Waals surface area contributed by atoms with Crippen LogP contribution in [0.3, 0.4) is 0 Å². The maximum absolute atomic E-state index is 11.9. The zero-order valence-electron chi connectivity index (χ0n) is 12.3. The molecule has 0 radical (unpaired) electrons. The van der Waals surface area contributed by atoms with Crippen molar-refractivity contribution in [3.8, 4) is 0 Å². The highest BCUT2D eigenvalue weighted by Gasteiger charge is 2.11. The van der Waals surface area contributed by atoms with Gasteiger partial charge >= 0.3 is 0 Å². The highest BCUT2D eigenvalue weighted by Crippen LogP contribution is 2.06. The summed E-state index contributed by atoms with van der Waals surface area (Å²) < 4.78 is 26.4. The van der Waals surface area contributed by atoms with Gasteiger partial charge in [0.25, 0.3) is 0 Å². The molecule has 0 aliphatic heterocycles. The Balaban J connectivity index is 0.00000400. The van der Waals surface area contributed by atoms with E-state index in [0.717, 1.165) is 13.0 Å². The van der Waals surface area contributed by atoms with Gasteiger partial charge in [-0.2, -0.15) is 0 Å². The van der Waals surface area contributed by atoms with Crippen LogP contribution in [0.25, 0.3) is 0 Å². The van der Waals surface area contributed by atoms with Crippen LogP contribution in [0, 0.1) is 0 Å². The Morgan fingerprint density at radius 1 is 1.10 bits per heavy atom. The zero-order valence-corrected chi connectivity index (χ0v) is 15.4. The maximum atomic E-state index is 11.9. The predicted molar refractivity (Wildman–Crippen MR) is 96.7 cm³/mol. The van der Waals surface area contributed by atoms with Crippen LogP contribution < -0.4 is 15.4 Å². The molecule has 0 atom stereocenters. The molecule has 1 aromatic carbocycles. The van der Waals surface area contributed by atoms with Crippen molar-refractivity contribution < 1.29 is 8.42 Å². The molecule has 0 amide bonds. The number of benzene rings is 1. The van der Waals surface area contributed by atoms with Gasteiger partial charge in [0.05, 0.1) is 4.90 Å². The summed E-state index contributed by atoms with van der Waals surface area (Å²) >= 11 is 0. The fraction of sp³-hybridized carbons (Fsp3) is 0.462. The number of guanidine groups is 1. The van der Waals surface area contributed by atoms with Crippen molar-refractivity contribution in [1.29, 1.82) is 0 Å². The Kier molecular flexibility index (Phi) is 10.4. The molecule has 1 aromatic rings. The third-order valence-electron chi connectivity index (χ3n) is 2.53. The second kappa shape index (κ2) is 10.8. The molecule has 0 bridgehead atoms. The molecule has 0 saturated heterocycles. The summed E-state index contributed by atoms with van der Waals surface area (Å²) in [4.78, 5) is 4.31. The topological polar surface area (TPSA) is 82.6 Å². The van der Waals surface area contributed by atoms with Crippen molar-refractivity contribution in [3.63, 3.8) is 0 Å². The lowest BCUT2D eigenvalue weighted by Crippen LogP contribution is -2.41. The molecule has 0 aliphatic carbocycles. The SMILES string of the molecule is CCCNC(=NC)NCCNS(=O)(=O)c1ccccc1.I.